The number of ether oxygens (including phenoxy) is 1. The Labute approximate surface area is 204 Å². The van der Waals surface area contributed by atoms with Gasteiger partial charge in [0.05, 0.1) is 0 Å². The molecule has 5 heteroatoms. The Kier molecular flexibility index (Phi) is 5.67. The van der Waals surface area contributed by atoms with E-state index < -0.39 is 0 Å². The quantitative estimate of drug-likeness (QED) is 0.318. The molecule has 0 amide bonds. The van der Waals surface area contributed by atoms with Gasteiger partial charge in [-0.25, -0.2) is 0 Å². The lowest BCUT2D eigenvalue weighted by Crippen LogP contribution is -2.33. The fourth-order valence-electron chi connectivity index (χ4n) is 5.54. The Morgan fingerprint density at radius 2 is 1.65 bits per heavy atom. The number of rotatable bonds is 5. The fraction of sp³-hybridized carbons (Fsp3) is 0.310. The lowest BCUT2D eigenvalue weighted by Gasteiger charge is -2.28. The second-order valence-electron chi connectivity index (χ2n) is 9.43. The summed E-state index contributed by atoms with van der Waals surface area (Å²) in [5.41, 5.74) is 4.92. The summed E-state index contributed by atoms with van der Waals surface area (Å²) in [5, 5.41) is 21.4. The number of hydrogen-bond acceptors (Lipinski definition) is 5. The van der Waals surface area contributed by atoms with Gasteiger partial charge in [-0.2, -0.15) is 0 Å². The van der Waals surface area contributed by atoms with Gasteiger partial charge >= 0.3 is 0 Å². The molecule has 1 aliphatic heterocycles. The smallest absolute Gasteiger partial charge is 0.119 e. The Bertz CT molecular complexity index is 1320. The van der Waals surface area contributed by atoms with Gasteiger partial charge in [0.2, 0.25) is 0 Å². The lowest BCUT2D eigenvalue weighted by molar-refractivity contribution is 0.183. The minimum Gasteiger partial charge on any atom is -0.508 e. The number of phenolic OH excluding ortho intramolecular Hbond substituents is 2. The van der Waals surface area contributed by atoms with Crippen LogP contribution in [0.25, 0.3) is 10.1 Å². The average Bonchev–Trinajstić information content (AvgIpc) is 3.20. The van der Waals surface area contributed by atoms with Gasteiger partial charge in [0.25, 0.3) is 0 Å². The van der Waals surface area contributed by atoms with Crippen LogP contribution in [0.2, 0.25) is 0 Å². The summed E-state index contributed by atoms with van der Waals surface area (Å²) >= 11 is 1.74. The van der Waals surface area contributed by atoms with Crippen LogP contribution in [0.1, 0.15) is 52.3 Å². The summed E-state index contributed by atoms with van der Waals surface area (Å²) in [5.74, 6) is 1.59. The third-order valence-electron chi connectivity index (χ3n) is 7.20. The molecule has 2 aliphatic rings. The van der Waals surface area contributed by atoms with Gasteiger partial charge in [0.15, 0.2) is 0 Å². The van der Waals surface area contributed by atoms with E-state index in [-0.39, 0.29) is 5.92 Å². The van der Waals surface area contributed by atoms with Crippen LogP contribution in [0.4, 0.5) is 0 Å². The van der Waals surface area contributed by atoms with Gasteiger partial charge in [-0.15, -0.1) is 11.3 Å². The molecule has 2 heterocycles. The number of phenols is 2. The van der Waals surface area contributed by atoms with Crippen molar-refractivity contribution in [1.82, 2.24) is 4.90 Å². The molecule has 0 radical (unpaired) electrons. The van der Waals surface area contributed by atoms with Gasteiger partial charge in [0.1, 0.15) is 23.9 Å². The zero-order valence-corrected chi connectivity index (χ0v) is 20.0. The highest BCUT2D eigenvalue weighted by molar-refractivity contribution is 7.19. The Hall–Kier alpha value is -3.02. The molecular formula is C29H29NO3S. The van der Waals surface area contributed by atoms with Crippen LogP contribution in [-0.2, 0) is 6.42 Å². The second-order valence-corrected chi connectivity index (χ2v) is 10.6. The topological polar surface area (TPSA) is 52.9 Å². The minimum atomic E-state index is 0.0834. The summed E-state index contributed by atoms with van der Waals surface area (Å²) in [6.07, 6.45) is 4.75. The molecule has 1 aromatic heterocycles. The number of benzene rings is 3. The van der Waals surface area contributed by atoms with E-state index in [0.29, 0.717) is 18.1 Å². The number of piperidine rings is 1. The predicted octanol–water partition coefficient (Wildman–Crippen LogP) is 6.26. The van der Waals surface area contributed by atoms with Crippen molar-refractivity contribution in [2.75, 3.05) is 26.2 Å². The molecule has 0 saturated carbocycles. The summed E-state index contributed by atoms with van der Waals surface area (Å²) in [6, 6.07) is 19.9. The highest BCUT2D eigenvalue weighted by atomic mass is 32.1. The van der Waals surface area contributed by atoms with Crippen molar-refractivity contribution in [3.05, 3.63) is 87.8 Å². The highest BCUT2D eigenvalue weighted by Crippen LogP contribution is 2.49. The highest BCUT2D eigenvalue weighted by Gasteiger charge is 2.31. The number of fused-ring (bicyclic) bond motifs is 4. The second kappa shape index (κ2) is 8.97. The van der Waals surface area contributed by atoms with Crippen LogP contribution in [0.5, 0.6) is 17.2 Å². The lowest BCUT2D eigenvalue weighted by atomic mass is 9.76. The zero-order chi connectivity index (χ0) is 23.1. The molecule has 2 N–H and O–H groups in total. The van der Waals surface area contributed by atoms with Crippen molar-refractivity contribution in [2.45, 2.75) is 31.6 Å². The SMILES string of the molecule is Oc1ccc2c(c1)Cc1sc3cc(O)ccc3c1C2c1ccc(OCCN2CCCCC2)cc1. The van der Waals surface area contributed by atoms with E-state index in [1.807, 2.05) is 18.2 Å². The number of likely N-dealkylation sites (tertiary alicyclic amines) is 1. The van der Waals surface area contributed by atoms with Crippen LogP contribution in [0.15, 0.2) is 60.7 Å². The summed E-state index contributed by atoms with van der Waals surface area (Å²) in [4.78, 5) is 3.79. The van der Waals surface area contributed by atoms with Crippen molar-refractivity contribution in [3.8, 4) is 17.2 Å². The molecule has 1 aliphatic carbocycles. The third-order valence-corrected chi connectivity index (χ3v) is 8.37. The van der Waals surface area contributed by atoms with Gasteiger partial charge < -0.3 is 14.9 Å². The van der Waals surface area contributed by atoms with Crippen LogP contribution < -0.4 is 4.74 Å². The third kappa shape index (κ3) is 4.04. The Morgan fingerprint density at radius 1 is 0.882 bits per heavy atom. The first-order valence-corrected chi connectivity index (χ1v) is 13.0. The number of hydrogen-bond donors (Lipinski definition) is 2. The molecule has 4 aromatic rings. The maximum absolute atomic E-state index is 10.1. The molecule has 34 heavy (non-hydrogen) atoms. The predicted molar refractivity (Wildman–Crippen MR) is 138 cm³/mol. The van der Waals surface area contributed by atoms with Gasteiger partial charge in [-0.05, 0) is 96.0 Å². The number of aromatic hydroxyl groups is 2. The zero-order valence-electron chi connectivity index (χ0n) is 19.2. The molecule has 3 aromatic carbocycles. The number of thiophene rings is 1. The summed E-state index contributed by atoms with van der Waals surface area (Å²) in [6.45, 7) is 4.08. The average molecular weight is 472 g/mol. The molecule has 1 fully saturated rings. The van der Waals surface area contributed by atoms with Crippen LogP contribution in [0.3, 0.4) is 0 Å². The first kappa shape index (κ1) is 21.5. The molecular weight excluding hydrogens is 442 g/mol. The molecule has 4 nitrogen and oxygen atoms in total. The Balaban J connectivity index is 1.31. The Morgan fingerprint density at radius 3 is 2.47 bits per heavy atom. The van der Waals surface area contributed by atoms with E-state index in [1.54, 1.807) is 23.5 Å². The van der Waals surface area contributed by atoms with E-state index >= 15 is 0 Å². The molecule has 1 saturated heterocycles. The van der Waals surface area contributed by atoms with E-state index in [9.17, 15) is 10.2 Å². The van der Waals surface area contributed by atoms with E-state index in [2.05, 4.69) is 35.2 Å². The normalized spacial score (nSPS) is 17.9. The molecule has 0 spiro atoms. The standard InChI is InChI=1S/C29H29NO3S/c31-21-6-10-24-20(16-21)17-27-29(25-11-7-22(32)18-26(25)34-27)28(24)19-4-8-23(9-5-19)33-15-14-30-12-2-1-3-13-30/h4-11,16,18,28,31-32H,1-3,12-15,17H2. The van der Waals surface area contributed by atoms with E-state index in [0.717, 1.165) is 29.0 Å². The molecule has 174 valence electrons. The van der Waals surface area contributed by atoms with Crippen LogP contribution in [0, 0.1) is 0 Å². The minimum absolute atomic E-state index is 0.0834. The number of nitrogens with zero attached hydrogens (tertiary/aromatic N) is 1. The molecule has 0 bridgehead atoms. The van der Waals surface area contributed by atoms with Crippen LogP contribution in [-0.4, -0.2) is 41.4 Å². The molecule has 6 rings (SSSR count). The first-order valence-electron chi connectivity index (χ1n) is 12.2. The van der Waals surface area contributed by atoms with Crippen molar-refractivity contribution in [3.63, 3.8) is 0 Å². The maximum Gasteiger partial charge on any atom is 0.119 e. The summed E-state index contributed by atoms with van der Waals surface area (Å²) in [7, 11) is 0. The van der Waals surface area contributed by atoms with E-state index in [1.165, 1.54) is 59.3 Å². The van der Waals surface area contributed by atoms with Crippen molar-refractivity contribution in [1.29, 1.82) is 0 Å². The van der Waals surface area contributed by atoms with Crippen molar-refractivity contribution < 1.29 is 14.9 Å². The molecule has 1 unspecified atom stereocenters. The van der Waals surface area contributed by atoms with Crippen molar-refractivity contribution >= 4 is 21.4 Å². The maximum atomic E-state index is 10.1. The van der Waals surface area contributed by atoms with Gasteiger partial charge in [-0.1, -0.05) is 24.6 Å². The first-order chi connectivity index (χ1) is 16.7. The van der Waals surface area contributed by atoms with Crippen molar-refractivity contribution in [2.24, 2.45) is 0 Å². The largest absolute Gasteiger partial charge is 0.508 e. The van der Waals surface area contributed by atoms with Gasteiger partial charge in [0, 0.05) is 28.5 Å². The summed E-state index contributed by atoms with van der Waals surface area (Å²) < 4.78 is 7.18. The van der Waals surface area contributed by atoms with Gasteiger partial charge in [-0.3, -0.25) is 4.90 Å². The molecule has 1 atom stereocenters. The monoisotopic (exact) mass is 471 g/mol. The fourth-order valence-corrected chi connectivity index (χ4v) is 6.84. The van der Waals surface area contributed by atoms with E-state index in [4.69, 9.17) is 4.74 Å². The van der Waals surface area contributed by atoms with Crippen LogP contribution >= 0.6 is 11.3 Å².